The van der Waals surface area contributed by atoms with Gasteiger partial charge in [-0.15, -0.1) is 0 Å². The Morgan fingerprint density at radius 1 is 1.29 bits per heavy atom. The number of hydrogen-bond donors (Lipinski definition) is 0. The summed E-state index contributed by atoms with van der Waals surface area (Å²) in [6.07, 6.45) is 1.60. The maximum absolute atomic E-state index is 12.3. The van der Waals surface area contributed by atoms with Crippen LogP contribution in [0.5, 0.6) is 0 Å². The third-order valence-corrected chi connectivity index (χ3v) is 4.29. The first-order valence-corrected chi connectivity index (χ1v) is 8.37. The zero-order chi connectivity index (χ0) is 17.7. The van der Waals surface area contributed by atoms with Crippen LogP contribution in [0.15, 0.2) is 29.2 Å². The maximum atomic E-state index is 12.3. The van der Waals surface area contributed by atoms with Gasteiger partial charge < -0.3 is 9.64 Å². The van der Waals surface area contributed by atoms with Gasteiger partial charge in [-0.05, 0) is 49.6 Å². The van der Waals surface area contributed by atoms with Crippen molar-refractivity contribution in [2.24, 2.45) is 0 Å². The number of rotatable bonds is 6. The Morgan fingerprint density at radius 2 is 1.96 bits per heavy atom. The lowest BCUT2D eigenvalue weighted by Crippen LogP contribution is -2.35. The van der Waals surface area contributed by atoms with Crippen LogP contribution in [-0.2, 0) is 14.3 Å². The monoisotopic (exact) mass is 368 g/mol. The van der Waals surface area contributed by atoms with Gasteiger partial charge in [0.2, 0.25) is 0 Å². The van der Waals surface area contributed by atoms with E-state index in [-0.39, 0.29) is 18.1 Å². The largest absolute Gasteiger partial charge is 0.463 e. The SMILES string of the molecule is CN(C)CCOC(=O)CN1C(=O)S/C(=C/c2ccc(Cl)cc2)C1=O. The number of benzene rings is 1. The third kappa shape index (κ3) is 5.09. The van der Waals surface area contributed by atoms with Crippen molar-refractivity contribution < 1.29 is 19.1 Å². The minimum absolute atomic E-state index is 0.211. The second-order valence-electron chi connectivity index (χ2n) is 5.34. The highest BCUT2D eigenvalue weighted by molar-refractivity contribution is 8.18. The molecule has 0 unspecified atom stereocenters. The van der Waals surface area contributed by atoms with Crippen LogP contribution in [0.3, 0.4) is 0 Å². The van der Waals surface area contributed by atoms with Gasteiger partial charge in [0.15, 0.2) is 0 Å². The van der Waals surface area contributed by atoms with Crippen molar-refractivity contribution in [2.45, 2.75) is 0 Å². The van der Waals surface area contributed by atoms with E-state index in [0.717, 1.165) is 22.2 Å². The Morgan fingerprint density at radius 3 is 2.58 bits per heavy atom. The van der Waals surface area contributed by atoms with Crippen LogP contribution in [0.4, 0.5) is 4.79 Å². The van der Waals surface area contributed by atoms with Gasteiger partial charge in [-0.3, -0.25) is 19.3 Å². The van der Waals surface area contributed by atoms with E-state index in [1.54, 1.807) is 30.3 Å². The Hall–Kier alpha value is -1.83. The van der Waals surface area contributed by atoms with Crippen LogP contribution in [0, 0.1) is 0 Å². The normalized spacial score (nSPS) is 16.3. The minimum Gasteiger partial charge on any atom is -0.463 e. The number of hydrogen-bond acceptors (Lipinski definition) is 6. The molecule has 1 aliphatic heterocycles. The van der Waals surface area contributed by atoms with E-state index >= 15 is 0 Å². The number of esters is 1. The van der Waals surface area contributed by atoms with Gasteiger partial charge in [0.25, 0.3) is 11.1 Å². The molecule has 0 aliphatic carbocycles. The summed E-state index contributed by atoms with van der Waals surface area (Å²) in [5, 5.41) is 0.102. The van der Waals surface area contributed by atoms with Gasteiger partial charge in [-0.2, -0.15) is 0 Å². The number of thioether (sulfide) groups is 1. The highest BCUT2D eigenvalue weighted by Crippen LogP contribution is 2.32. The zero-order valence-electron chi connectivity index (χ0n) is 13.3. The number of amides is 2. The summed E-state index contributed by atoms with van der Waals surface area (Å²) in [7, 11) is 3.71. The van der Waals surface area contributed by atoms with Crippen LogP contribution < -0.4 is 0 Å². The molecule has 0 spiro atoms. The quantitative estimate of drug-likeness (QED) is 0.567. The van der Waals surface area contributed by atoms with Crippen LogP contribution in [0.2, 0.25) is 5.02 Å². The molecule has 6 nitrogen and oxygen atoms in total. The topological polar surface area (TPSA) is 66.9 Å². The first kappa shape index (κ1) is 18.5. The third-order valence-electron chi connectivity index (χ3n) is 3.13. The fourth-order valence-corrected chi connectivity index (χ4v) is 2.83. The molecular formula is C16H17ClN2O4S. The van der Waals surface area contributed by atoms with Crippen molar-refractivity contribution in [2.75, 3.05) is 33.8 Å². The summed E-state index contributed by atoms with van der Waals surface area (Å²) in [6, 6.07) is 6.87. The molecule has 24 heavy (non-hydrogen) atoms. The molecule has 1 fully saturated rings. The second kappa shape index (κ2) is 8.32. The minimum atomic E-state index is -0.605. The number of nitrogens with zero attached hydrogens (tertiary/aromatic N) is 2. The predicted octanol–water partition coefficient (Wildman–Crippen LogP) is 2.48. The summed E-state index contributed by atoms with van der Waals surface area (Å²) in [6.45, 7) is 0.406. The van der Waals surface area contributed by atoms with E-state index in [0.29, 0.717) is 11.6 Å². The van der Waals surface area contributed by atoms with Crippen molar-refractivity contribution in [3.05, 3.63) is 39.8 Å². The molecule has 0 N–H and O–H groups in total. The molecule has 0 bridgehead atoms. The predicted molar refractivity (Wildman–Crippen MR) is 93.6 cm³/mol. The number of carbonyl (C=O) groups excluding carboxylic acids is 3. The molecule has 0 atom stereocenters. The van der Waals surface area contributed by atoms with Gasteiger partial charge in [-0.25, -0.2) is 0 Å². The van der Waals surface area contributed by atoms with E-state index in [9.17, 15) is 14.4 Å². The van der Waals surface area contributed by atoms with Gasteiger partial charge in [0.05, 0.1) is 4.91 Å². The molecule has 1 saturated heterocycles. The molecule has 1 aromatic rings. The lowest BCUT2D eigenvalue weighted by Gasteiger charge is -2.13. The van der Waals surface area contributed by atoms with E-state index in [1.807, 2.05) is 19.0 Å². The lowest BCUT2D eigenvalue weighted by molar-refractivity contribution is -0.146. The van der Waals surface area contributed by atoms with Crippen LogP contribution in [0.1, 0.15) is 5.56 Å². The van der Waals surface area contributed by atoms with Crippen LogP contribution in [0.25, 0.3) is 6.08 Å². The van der Waals surface area contributed by atoms with E-state index in [2.05, 4.69) is 0 Å². The van der Waals surface area contributed by atoms with Crippen molar-refractivity contribution >= 4 is 46.6 Å². The summed E-state index contributed by atoms with van der Waals surface area (Å²) < 4.78 is 5.01. The zero-order valence-corrected chi connectivity index (χ0v) is 14.9. The number of likely N-dealkylation sites (N-methyl/N-ethyl adjacent to an activating group) is 1. The molecule has 1 aromatic carbocycles. The van der Waals surface area contributed by atoms with Gasteiger partial charge in [-0.1, -0.05) is 23.7 Å². The first-order valence-electron chi connectivity index (χ1n) is 7.18. The number of carbonyl (C=O) groups is 3. The maximum Gasteiger partial charge on any atom is 0.326 e. The Labute approximate surface area is 149 Å². The average molecular weight is 369 g/mol. The van der Waals surface area contributed by atoms with Gasteiger partial charge in [0, 0.05) is 11.6 Å². The fraction of sp³-hybridized carbons (Fsp3) is 0.312. The highest BCUT2D eigenvalue weighted by Gasteiger charge is 2.36. The summed E-state index contributed by atoms with van der Waals surface area (Å²) >= 11 is 6.61. The fourth-order valence-electron chi connectivity index (χ4n) is 1.86. The van der Waals surface area contributed by atoms with E-state index in [1.165, 1.54) is 0 Å². The van der Waals surface area contributed by atoms with Crippen LogP contribution in [-0.4, -0.2) is 60.7 Å². The number of imide groups is 1. The summed E-state index contributed by atoms with van der Waals surface area (Å²) in [4.78, 5) is 39.0. The average Bonchev–Trinajstić information content (AvgIpc) is 2.77. The second-order valence-corrected chi connectivity index (χ2v) is 6.77. The molecular weight excluding hydrogens is 352 g/mol. The molecule has 1 aliphatic rings. The Kier molecular flexibility index (Phi) is 6.42. The molecule has 0 saturated carbocycles. The molecule has 2 rings (SSSR count). The molecule has 1 heterocycles. The van der Waals surface area contributed by atoms with E-state index < -0.39 is 17.1 Å². The smallest absolute Gasteiger partial charge is 0.326 e. The standard InChI is InChI=1S/C16H17ClN2O4S/c1-18(2)7-8-23-14(20)10-19-15(21)13(24-16(19)22)9-11-3-5-12(17)6-4-11/h3-6,9H,7-8,10H2,1-2H3/b13-9+. The Bertz CT molecular complexity index is 673. The summed E-state index contributed by atoms with van der Waals surface area (Å²) in [5.74, 6) is -1.10. The molecule has 128 valence electrons. The van der Waals surface area contributed by atoms with Gasteiger partial charge >= 0.3 is 5.97 Å². The van der Waals surface area contributed by atoms with Crippen molar-refractivity contribution in [3.8, 4) is 0 Å². The summed E-state index contributed by atoms with van der Waals surface area (Å²) in [5.41, 5.74) is 0.749. The lowest BCUT2D eigenvalue weighted by atomic mass is 10.2. The highest BCUT2D eigenvalue weighted by atomic mass is 35.5. The van der Waals surface area contributed by atoms with Crippen molar-refractivity contribution in [1.82, 2.24) is 9.80 Å². The number of ether oxygens (including phenoxy) is 1. The Balaban J connectivity index is 1.98. The van der Waals surface area contributed by atoms with Crippen molar-refractivity contribution in [3.63, 3.8) is 0 Å². The molecule has 2 amide bonds. The molecule has 0 aromatic heterocycles. The number of halogens is 1. The van der Waals surface area contributed by atoms with Gasteiger partial charge in [0.1, 0.15) is 13.2 Å². The molecule has 0 radical (unpaired) electrons. The van der Waals surface area contributed by atoms with Crippen LogP contribution >= 0.6 is 23.4 Å². The van der Waals surface area contributed by atoms with E-state index in [4.69, 9.17) is 16.3 Å². The molecule has 8 heteroatoms. The van der Waals surface area contributed by atoms with Crippen molar-refractivity contribution in [1.29, 1.82) is 0 Å². The first-order chi connectivity index (χ1) is 11.4.